The van der Waals surface area contributed by atoms with Gasteiger partial charge in [-0.1, -0.05) is 54.6 Å². The summed E-state index contributed by atoms with van der Waals surface area (Å²) in [7, 11) is 1.39. The molecule has 1 saturated heterocycles. The van der Waals surface area contributed by atoms with Crippen LogP contribution in [0, 0.1) is 0 Å². The minimum atomic E-state index is -0.331. The van der Waals surface area contributed by atoms with Gasteiger partial charge in [0.25, 0.3) is 0 Å². The fourth-order valence-corrected chi connectivity index (χ4v) is 3.60. The second kappa shape index (κ2) is 8.13. The van der Waals surface area contributed by atoms with E-state index in [9.17, 15) is 4.79 Å². The van der Waals surface area contributed by atoms with Crippen molar-refractivity contribution in [2.24, 2.45) is 0 Å². The number of hydrogen-bond acceptors (Lipinski definition) is 3. The Balaban J connectivity index is 1.74. The van der Waals surface area contributed by atoms with Gasteiger partial charge in [-0.15, -0.1) is 0 Å². The average Bonchev–Trinajstić information content (AvgIpc) is 3.16. The number of likely N-dealkylation sites (tertiary alicyclic amines) is 1. The van der Waals surface area contributed by atoms with Crippen molar-refractivity contribution in [3.8, 4) is 0 Å². The van der Waals surface area contributed by atoms with Gasteiger partial charge in [-0.3, -0.25) is 4.90 Å². The minimum absolute atomic E-state index is 0.331. The number of carbonyl (C=O) groups excluding carboxylic acids is 1. The molecule has 3 rings (SSSR count). The molecule has 2 aromatic carbocycles. The molecule has 3 heteroatoms. The molecule has 0 spiro atoms. The second-order valence-electron chi connectivity index (χ2n) is 6.51. The largest absolute Gasteiger partial charge is 0.466 e. The zero-order valence-corrected chi connectivity index (χ0v) is 14.9. The normalized spacial score (nSPS) is 19.2. The van der Waals surface area contributed by atoms with Crippen LogP contribution in [-0.4, -0.2) is 24.5 Å². The number of hydrogen-bond donors (Lipinski definition) is 0. The van der Waals surface area contributed by atoms with E-state index in [0.29, 0.717) is 12.1 Å². The maximum atomic E-state index is 11.2. The fourth-order valence-electron chi connectivity index (χ4n) is 3.60. The van der Waals surface area contributed by atoms with Crippen LogP contribution in [0.4, 0.5) is 0 Å². The van der Waals surface area contributed by atoms with Crippen LogP contribution < -0.4 is 0 Å². The summed E-state index contributed by atoms with van der Waals surface area (Å²) in [5.74, 6) is -0.331. The van der Waals surface area contributed by atoms with Gasteiger partial charge in [0.05, 0.1) is 7.11 Å². The van der Waals surface area contributed by atoms with E-state index in [4.69, 9.17) is 0 Å². The number of carbonyl (C=O) groups is 1. The Morgan fingerprint density at radius 2 is 1.88 bits per heavy atom. The van der Waals surface area contributed by atoms with E-state index < -0.39 is 0 Å². The number of ether oxygens (including phenoxy) is 1. The molecular weight excluding hydrogens is 310 g/mol. The van der Waals surface area contributed by atoms with Crippen LogP contribution in [0.15, 0.2) is 60.7 Å². The molecule has 1 heterocycles. The van der Waals surface area contributed by atoms with Gasteiger partial charge in [-0.05, 0) is 49.1 Å². The van der Waals surface area contributed by atoms with Crippen LogP contribution in [0.25, 0.3) is 6.08 Å². The first kappa shape index (κ1) is 17.4. The predicted octanol–water partition coefficient (Wildman–Crippen LogP) is 4.77. The van der Waals surface area contributed by atoms with E-state index in [0.717, 1.165) is 12.1 Å². The number of benzene rings is 2. The summed E-state index contributed by atoms with van der Waals surface area (Å²) in [6.45, 7) is 3.42. The topological polar surface area (TPSA) is 29.5 Å². The van der Waals surface area contributed by atoms with Gasteiger partial charge in [0.15, 0.2) is 0 Å². The van der Waals surface area contributed by atoms with E-state index in [1.165, 1.54) is 37.2 Å². The zero-order chi connectivity index (χ0) is 17.6. The van der Waals surface area contributed by atoms with Gasteiger partial charge in [-0.25, -0.2) is 4.79 Å². The molecule has 1 unspecified atom stereocenters. The zero-order valence-electron chi connectivity index (χ0n) is 14.9. The molecule has 0 aromatic heterocycles. The third-order valence-electron chi connectivity index (χ3n) is 5.01. The summed E-state index contributed by atoms with van der Waals surface area (Å²) < 4.78 is 4.63. The third-order valence-corrected chi connectivity index (χ3v) is 5.01. The first-order chi connectivity index (χ1) is 12.2. The molecule has 0 amide bonds. The van der Waals surface area contributed by atoms with Crippen LogP contribution >= 0.6 is 0 Å². The molecule has 0 bridgehead atoms. The predicted molar refractivity (Wildman–Crippen MR) is 101 cm³/mol. The smallest absolute Gasteiger partial charge is 0.330 e. The lowest BCUT2D eigenvalue weighted by Gasteiger charge is -2.31. The molecular formula is C22H25NO2. The van der Waals surface area contributed by atoms with Crippen LogP contribution in [0.1, 0.15) is 48.5 Å². The molecule has 130 valence electrons. The SMILES string of the molecule is COC(=O)/C=C/c1ccc([C@@H]2CCCN2C(C)c2ccccc2)cc1. The van der Waals surface area contributed by atoms with Crippen molar-refractivity contribution < 1.29 is 9.53 Å². The Hall–Kier alpha value is -2.39. The standard InChI is InChI=1S/C22H25NO2/c1-17(19-7-4-3-5-8-19)23-16-6-9-21(23)20-13-10-18(11-14-20)12-15-22(24)25-2/h3-5,7-8,10-15,17,21H,6,9,16H2,1-2H3/b15-12+/t17?,21-/m0/s1. The summed E-state index contributed by atoms with van der Waals surface area (Å²) in [4.78, 5) is 13.8. The van der Waals surface area contributed by atoms with Gasteiger partial charge in [0, 0.05) is 18.2 Å². The first-order valence-corrected chi connectivity index (χ1v) is 8.85. The maximum Gasteiger partial charge on any atom is 0.330 e. The van der Waals surface area contributed by atoms with Gasteiger partial charge in [0.2, 0.25) is 0 Å². The fraction of sp³-hybridized carbons (Fsp3) is 0.318. The summed E-state index contributed by atoms with van der Waals surface area (Å²) >= 11 is 0. The number of nitrogens with zero attached hydrogens (tertiary/aromatic N) is 1. The Morgan fingerprint density at radius 3 is 2.56 bits per heavy atom. The highest BCUT2D eigenvalue weighted by Crippen LogP contribution is 2.38. The van der Waals surface area contributed by atoms with Crippen LogP contribution in [0.5, 0.6) is 0 Å². The van der Waals surface area contributed by atoms with Crippen LogP contribution in [0.3, 0.4) is 0 Å². The summed E-state index contributed by atoms with van der Waals surface area (Å²) in [6, 6.07) is 20.1. The quantitative estimate of drug-likeness (QED) is 0.582. The van der Waals surface area contributed by atoms with E-state index in [2.05, 4.69) is 71.2 Å². The molecule has 0 N–H and O–H groups in total. The number of rotatable bonds is 5. The van der Waals surface area contributed by atoms with E-state index in [1.807, 2.05) is 0 Å². The highest BCUT2D eigenvalue weighted by molar-refractivity contribution is 5.86. The van der Waals surface area contributed by atoms with Gasteiger partial charge in [-0.2, -0.15) is 0 Å². The molecule has 0 radical (unpaired) electrons. The van der Waals surface area contributed by atoms with E-state index in [1.54, 1.807) is 6.08 Å². The van der Waals surface area contributed by atoms with Crippen molar-refractivity contribution in [2.45, 2.75) is 31.8 Å². The molecule has 2 aromatic rings. The van der Waals surface area contributed by atoms with Crippen LogP contribution in [0.2, 0.25) is 0 Å². The van der Waals surface area contributed by atoms with Gasteiger partial charge < -0.3 is 4.74 Å². The van der Waals surface area contributed by atoms with Crippen molar-refractivity contribution in [2.75, 3.05) is 13.7 Å². The highest BCUT2D eigenvalue weighted by Gasteiger charge is 2.30. The molecule has 1 fully saturated rings. The van der Waals surface area contributed by atoms with Crippen LogP contribution in [-0.2, 0) is 9.53 Å². The average molecular weight is 335 g/mol. The van der Waals surface area contributed by atoms with Crippen molar-refractivity contribution in [3.05, 3.63) is 77.4 Å². The molecule has 1 aliphatic rings. The monoisotopic (exact) mass is 335 g/mol. The lowest BCUT2D eigenvalue weighted by Crippen LogP contribution is -2.26. The first-order valence-electron chi connectivity index (χ1n) is 8.85. The Kier molecular flexibility index (Phi) is 5.67. The van der Waals surface area contributed by atoms with Crippen molar-refractivity contribution in [3.63, 3.8) is 0 Å². The van der Waals surface area contributed by atoms with Gasteiger partial charge in [0.1, 0.15) is 0 Å². The van der Waals surface area contributed by atoms with Crippen molar-refractivity contribution in [1.29, 1.82) is 0 Å². The lowest BCUT2D eigenvalue weighted by atomic mass is 10.00. The summed E-state index contributed by atoms with van der Waals surface area (Å²) in [5.41, 5.74) is 3.72. The van der Waals surface area contributed by atoms with E-state index >= 15 is 0 Å². The molecule has 0 saturated carbocycles. The Morgan fingerprint density at radius 1 is 1.16 bits per heavy atom. The molecule has 1 aliphatic heterocycles. The highest BCUT2D eigenvalue weighted by atomic mass is 16.5. The van der Waals surface area contributed by atoms with Crippen molar-refractivity contribution in [1.82, 2.24) is 4.90 Å². The summed E-state index contributed by atoms with van der Waals surface area (Å²) in [6.07, 6.45) is 5.66. The Labute approximate surface area is 149 Å². The molecule has 25 heavy (non-hydrogen) atoms. The van der Waals surface area contributed by atoms with Crippen molar-refractivity contribution >= 4 is 12.0 Å². The Bertz CT molecular complexity index is 721. The minimum Gasteiger partial charge on any atom is -0.466 e. The third kappa shape index (κ3) is 4.18. The lowest BCUT2D eigenvalue weighted by molar-refractivity contribution is -0.134. The molecule has 3 nitrogen and oxygen atoms in total. The number of esters is 1. The second-order valence-corrected chi connectivity index (χ2v) is 6.51. The van der Waals surface area contributed by atoms with E-state index in [-0.39, 0.29) is 5.97 Å². The maximum absolute atomic E-state index is 11.2. The molecule has 0 aliphatic carbocycles. The summed E-state index contributed by atoms with van der Waals surface area (Å²) in [5, 5.41) is 0. The number of methoxy groups -OCH3 is 1. The van der Waals surface area contributed by atoms with Gasteiger partial charge >= 0.3 is 5.97 Å². The molecule has 2 atom stereocenters.